The molecule has 3 rings (SSSR count). The SMILES string of the molecule is CC(=O)Nc1ccc(NC(=O)c2cc(-c3ccccc3Cl)on2)cc1. The van der Waals surface area contributed by atoms with E-state index in [4.69, 9.17) is 16.1 Å². The van der Waals surface area contributed by atoms with Gasteiger partial charge in [-0.1, -0.05) is 28.9 Å². The number of benzene rings is 2. The van der Waals surface area contributed by atoms with E-state index in [-0.39, 0.29) is 11.6 Å². The minimum atomic E-state index is -0.408. The van der Waals surface area contributed by atoms with E-state index in [0.717, 1.165) is 0 Å². The molecule has 2 amide bonds. The molecule has 0 spiro atoms. The van der Waals surface area contributed by atoms with Crippen molar-refractivity contribution in [2.75, 3.05) is 10.6 Å². The first kappa shape index (κ1) is 16.7. The van der Waals surface area contributed by atoms with Crippen molar-refractivity contribution < 1.29 is 14.1 Å². The predicted octanol–water partition coefficient (Wildman–Crippen LogP) is 4.21. The lowest BCUT2D eigenvalue weighted by molar-refractivity contribution is -0.114. The monoisotopic (exact) mass is 355 g/mol. The highest BCUT2D eigenvalue weighted by Crippen LogP contribution is 2.28. The molecule has 3 aromatic rings. The van der Waals surface area contributed by atoms with Gasteiger partial charge in [-0.05, 0) is 36.4 Å². The average molecular weight is 356 g/mol. The van der Waals surface area contributed by atoms with Gasteiger partial charge in [-0.3, -0.25) is 9.59 Å². The first-order valence-electron chi connectivity index (χ1n) is 7.43. The lowest BCUT2D eigenvalue weighted by Crippen LogP contribution is -2.12. The molecule has 0 fully saturated rings. The molecule has 0 radical (unpaired) electrons. The van der Waals surface area contributed by atoms with Crippen molar-refractivity contribution in [3.63, 3.8) is 0 Å². The Morgan fingerprint density at radius 2 is 1.64 bits per heavy atom. The number of carbonyl (C=O) groups is 2. The normalized spacial score (nSPS) is 10.3. The molecule has 0 bridgehead atoms. The second kappa shape index (κ2) is 7.19. The summed E-state index contributed by atoms with van der Waals surface area (Å²) in [6.45, 7) is 1.43. The Kier molecular flexibility index (Phi) is 4.81. The van der Waals surface area contributed by atoms with Crippen molar-refractivity contribution >= 4 is 34.8 Å². The van der Waals surface area contributed by atoms with Crippen LogP contribution in [0, 0.1) is 0 Å². The largest absolute Gasteiger partial charge is 0.355 e. The lowest BCUT2D eigenvalue weighted by Gasteiger charge is -2.05. The van der Waals surface area contributed by atoms with Crippen LogP contribution in [0.25, 0.3) is 11.3 Å². The summed E-state index contributed by atoms with van der Waals surface area (Å²) in [6, 6.07) is 15.4. The summed E-state index contributed by atoms with van der Waals surface area (Å²) in [5.74, 6) is -0.155. The number of aromatic nitrogens is 1. The van der Waals surface area contributed by atoms with Crippen molar-refractivity contribution in [3.05, 3.63) is 65.3 Å². The van der Waals surface area contributed by atoms with Crippen LogP contribution in [0.2, 0.25) is 5.02 Å². The summed E-state index contributed by atoms with van der Waals surface area (Å²) in [6.07, 6.45) is 0. The zero-order chi connectivity index (χ0) is 17.8. The molecule has 0 atom stereocenters. The molecular weight excluding hydrogens is 342 g/mol. The van der Waals surface area contributed by atoms with Gasteiger partial charge in [-0.15, -0.1) is 0 Å². The Morgan fingerprint density at radius 1 is 1.00 bits per heavy atom. The molecule has 0 unspecified atom stereocenters. The minimum Gasteiger partial charge on any atom is -0.355 e. The molecule has 2 N–H and O–H groups in total. The molecule has 2 aromatic carbocycles. The van der Waals surface area contributed by atoms with Crippen LogP contribution in [0.1, 0.15) is 17.4 Å². The number of anilines is 2. The number of nitrogens with one attached hydrogen (secondary N) is 2. The Bertz CT molecular complexity index is 919. The number of halogens is 1. The van der Waals surface area contributed by atoms with Crippen molar-refractivity contribution in [1.82, 2.24) is 5.16 Å². The fourth-order valence-corrected chi connectivity index (χ4v) is 2.43. The average Bonchev–Trinajstić information content (AvgIpc) is 3.06. The van der Waals surface area contributed by atoms with Gasteiger partial charge in [-0.2, -0.15) is 0 Å². The van der Waals surface area contributed by atoms with Gasteiger partial charge in [-0.25, -0.2) is 0 Å². The third kappa shape index (κ3) is 4.05. The summed E-state index contributed by atoms with van der Waals surface area (Å²) in [7, 11) is 0. The Morgan fingerprint density at radius 3 is 2.28 bits per heavy atom. The smallest absolute Gasteiger partial charge is 0.277 e. The number of hydrogen-bond acceptors (Lipinski definition) is 4. The second-order valence-corrected chi connectivity index (χ2v) is 5.68. The van der Waals surface area contributed by atoms with Gasteiger partial charge in [0, 0.05) is 29.9 Å². The fourth-order valence-electron chi connectivity index (χ4n) is 2.21. The van der Waals surface area contributed by atoms with Crippen LogP contribution in [0.5, 0.6) is 0 Å². The first-order chi connectivity index (χ1) is 12.0. The molecule has 1 heterocycles. The summed E-state index contributed by atoms with van der Waals surface area (Å²) in [5.41, 5.74) is 2.02. The maximum absolute atomic E-state index is 12.3. The van der Waals surface area contributed by atoms with Gasteiger partial charge in [0.25, 0.3) is 5.91 Å². The molecule has 7 heteroatoms. The van der Waals surface area contributed by atoms with Crippen LogP contribution in [-0.2, 0) is 4.79 Å². The van der Waals surface area contributed by atoms with E-state index in [1.165, 1.54) is 13.0 Å². The zero-order valence-electron chi connectivity index (χ0n) is 13.2. The van der Waals surface area contributed by atoms with Gasteiger partial charge in [0.15, 0.2) is 11.5 Å². The molecular formula is C18H14ClN3O3. The third-order valence-electron chi connectivity index (χ3n) is 3.35. The van der Waals surface area contributed by atoms with E-state index in [9.17, 15) is 9.59 Å². The highest BCUT2D eigenvalue weighted by atomic mass is 35.5. The quantitative estimate of drug-likeness (QED) is 0.734. The van der Waals surface area contributed by atoms with Gasteiger partial charge in [0.1, 0.15) is 0 Å². The molecule has 0 saturated heterocycles. The first-order valence-corrected chi connectivity index (χ1v) is 7.81. The fraction of sp³-hybridized carbons (Fsp3) is 0.0556. The summed E-state index contributed by atoms with van der Waals surface area (Å²) in [5, 5.41) is 9.66. The van der Waals surface area contributed by atoms with Crippen LogP contribution in [-0.4, -0.2) is 17.0 Å². The van der Waals surface area contributed by atoms with Crippen molar-refractivity contribution in [2.24, 2.45) is 0 Å². The topological polar surface area (TPSA) is 84.2 Å². The minimum absolute atomic E-state index is 0.140. The summed E-state index contributed by atoms with van der Waals surface area (Å²) in [4.78, 5) is 23.3. The van der Waals surface area contributed by atoms with E-state index in [2.05, 4.69) is 15.8 Å². The number of amides is 2. The predicted molar refractivity (Wildman–Crippen MR) is 95.6 cm³/mol. The maximum Gasteiger partial charge on any atom is 0.277 e. The van der Waals surface area contributed by atoms with Crippen LogP contribution in [0.15, 0.2) is 59.1 Å². The summed E-state index contributed by atoms with van der Waals surface area (Å²) >= 11 is 6.11. The highest BCUT2D eigenvalue weighted by molar-refractivity contribution is 6.33. The standard InChI is InChI=1S/C18H14ClN3O3/c1-11(23)20-12-6-8-13(9-7-12)21-18(24)16-10-17(25-22-16)14-4-2-3-5-15(14)19/h2-10H,1H3,(H,20,23)(H,21,24). The van der Waals surface area contributed by atoms with E-state index in [0.29, 0.717) is 27.7 Å². The van der Waals surface area contributed by atoms with Crippen LogP contribution >= 0.6 is 11.6 Å². The van der Waals surface area contributed by atoms with Crippen molar-refractivity contribution in [2.45, 2.75) is 6.92 Å². The van der Waals surface area contributed by atoms with Crippen molar-refractivity contribution in [1.29, 1.82) is 0 Å². The molecule has 25 heavy (non-hydrogen) atoms. The maximum atomic E-state index is 12.3. The van der Waals surface area contributed by atoms with Gasteiger partial charge in [0.2, 0.25) is 5.91 Å². The lowest BCUT2D eigenvalue weighted by atomic mass is 10.1. The molecule has 126 valence electrons. The van der Waals surface area contributed by atoms with Gasteiger partial charge >= 0.3 is 0 Å². The Balaban J connectivity index is 1.72. The number of carbonyl (C=O) groups excluding carboxylic acids is 2. The van der Waals surface area contributed by atoms with Gasteiger partial charge < -0.3 is 15.2 Å². The second-order valence-electron chi connectivity index (χ2n) is 5.27. The Hall–Kier alpha value is -3.12. The van der Waals surface area contributed by atoms with E-state index in [1.54, 1.807) is 42.5 Å². The summed E-state index contributed by atoms with van der Waals surface area (Å²) < 4.78 is 5.21. The molecule has 0 saturated carbocycles. The molecule has 0 aliphatic carbocycles. The number of hydrogen-bond donors (Lipinski definition) is 2. The number of rotatable bonds is 4. The van der Waals surface area contributed by atoms with Crippen LogP contribution < -0.4 is 10.6 Å². The third-order valence-corrected chi connectivity index (χ3v) is 3.67. The number of nitrogens with zero attached hydrogens (tertiary/aromatic N) is 1. The van der Waals surface area contributed by atoms with Crippen LogP contribution in [0.3, 0.4) is 0 Å². The van der Waals surface area contributed by atoms with Crippen molar-refractivity contribution in [3.8, 4) is 11.3 Å². The van der Waals surface area contributed by atoms with E-state index < -0.39 is 5.91 Å². The Labute approximate surface area is 148 Å². The highest BCUT2D eigenvalue weighted by Gasteiger charge is 2.15. The van der Waals surface area contributed by atoms with Crippen LogP contribution in [0.4, 0.5) is 11.4 Å². The van der Waals surface area contributed by atoms with E-state index >= 15 is 0 Å². The van der Waals surface area contributed by atoms with Gasteiger partial charge in [0.05, 0.1) is 5.02 Å². The molecule has 6 nitrogen and oxygen atoms in total. The molecule has 0 aliphatic heterocycles. The van der Waals surface area contributed by atoms with E-state index in [1.807, 2.05) is 6.07 Å². The zero-order valence-corrected chi connectivity index (χ0v) is 14.0. The molecule has 0 aliphatic rings. The molecule has 1 aromatic heterocycles.